The van der Waals surface area contributed by atoms with Gasteiger partial charge in [-0.25, -0.2) is 17.6 Å². The smallest absolute Gasteiger partial charge is 0.426 e. The molecule has 0 aliphatic rings. The molecule has 0 spiro atoms. The lowest BCUT2D eigenvalue weighted by Crippen LogP contribution is -2.22. The van der Waals surface area contributed by atoms with Gasteiger partial charge in [0.1, 0.15) is 23.0 Å². The van der Waals surface area contributed by atoms with Crippen LogP contribution in [-0.2, 0) is 18.7 Å². The van der Waals surface area contributed by atoms with Gasteiger partial charge in [0, 0.05) is 5.56 Å². The highest BCUT2D eigenvalue weighted by atomic mass is 19.4. The summed E-state index contributed by atoms with van der Waals surface area (Å²) >= 11 is 0. The molecule has 5 aromatic rings. The molecule has 0 radical (unpaired) electrons. The van der Waals surface area contributed by atoms with E-state index in [2.05, 4.69) is 4.74 Å². The van der Waals surface area contributed by atoms with E-state index in [1.165, 1.54) is 12.1 Å². The third-order valence-electron chi connectivity index (χ3n) is 7.01. The lowest BCUT2D eigenvalue weighted by Gasteiger charge is -2.20. The summed E-state index contributed by atoms with van der Waals surface area (Å²) in [6.07, 6.45) is -7.68. The zero-order chi connectivity index (χ0) is 32.0. The van der Waals surface area contributed by atoms with Crippen LogP contribution in [0.3, 0.4) is 0 Å². The molecule has 0 heterocycles. The molecule has 5 rings (SSSR count). The first-order valence-corrected chi connectivity index (χ1v) is 13.1. The topological polar surface area (TPSA) is 9.23 Å². The Morgan fingerprint density at radius 1 is 0.614 bits per heavy atom. The van der Waals surface area contributed by atoms with E-state index in [0.717, 1.165) is 48.2 Å². The maximum absolute atomic E-state index is 15.3. The third kappa shape index (κ3) is 5.82. The van der Waals surface area contributed by atoms with Crippen molar-refractivity contribution in [1.82, 2.24) is 0 Å². The Balaban J connectivity index is 1.45. The number of halogens is 10. The summed E-state index contributed by atoms with van der Waals surface area (Å²) < 4.78 is 147. The summed E-state index contributed by atoms with van der Waals surface area (Å²) in [7, 11) is 0. The number of aryl methyl sites for hydroxylation is 1. The SMILES string of the molecule is CCCc1ccc(-c2ccc(C(F)(F)Oc3cc4ccc(-c5cc(F)c(C(F)(F)F)c(F)c5)c(F)c4c(F)c3F)cc2)cc1. The molecule has 11 heteroatoms. The van der Waals surface area contributed by atoms with Crippen molar-refractivity contribution in [2.75, 3.05) is 0 Å². The Labute approximate surface area is 244 Å². The molecular formula is C33H20F10O. The molecule has 0 saturated carbocycles. The van der Waals surface area contributed by atoms with Crippen molar-refractivity contribution >= 4 is 10.8 Å². The molecule has 0 aromatic heterocycles. The summed E-state index contributed by atoms with van der Waals surface area (Å²) in [4.78, 5) is 0. The molecule has 0 N–H and O–H groups in total. The zero-order valence-corrected chi connectivity index (χ0v) is 22.6. The number of fused-ring (bicyclic) bond motifs is 1. The van der Waals surface area contributed by atoms with Crippen molar-refractivity contribution in [3.63, 3.8) is 0 Å². The minimum atomic E-state index is -5.38. The molecule has 0 saturated heterocycles. The molecule has 0 unspecified atom stereocenters. The molecule has 0 bridgehead atoms. The predicted octanol–water partition coefficient (Wildman–Crippen LogP) is 11.0. The molecule has 0 atom stereocenters. The minimum Gasteiger partial charge on any atom is -0.426 e. The van der Waals surface area contributed by atoms with Crippen LogP contribution in [0.15, 0.2) is 78.9 Å². The van der Waals surface area contributed by atoms with Crippen LogP contribution >= 0.6 is 0 Å². The molecule has 5 aromatic carbocycles. The average Bonchev–Trinajstić information content (AvgIpc) is 2.95. The van der Waals surface area contributed by atoms with E-state index in [-0.39, 0.29) is 12.1 Å². The molecule has 228 valence electrons. The summed E-state index contributed by atoms with van der Waals surface area (Å²) in [5, 5.41) is -1.56. The Morgan fingerprint density at radius 2 is 1.18 bits per heavy atom. The predicted molar refractivity (Wildman–Crippen MR) is 145 cm³/mol. The molecule has 0 amide bonds. The van der Waals surface area contributed by atoms with E-state index < -0.39 is 80.1 Å². The standard InChI is InChI=1S/C33H20F10O/c1-2-3-17-4-6-18(7-5-17)19-8-11-22(12-9-19)33(42,43)44-26-16-20-10-13-23(29(36)27(20)31(38)30(26)37)21-14-24(34)28(25(35)15-21)32(39,40)41/h4-16H,2-3H2,1H3. The van der Waals surface area contributed by atoms with Gasteiger partial charge in [-0.1, -0.05) is 61.9 Å². The number of benzene rings is 5. The van der Waals surface area contributed by atoms with Crippen LogP contribution in [0, 0.1) is 29.1 Å². The van der Waals surface area contributed by atoms with Crippen molar-refractivity contribution in [1.29, 1.82) is 0 Å². The van der Waals surface area contributed by atoms with Gasteiger partial charge in [-0.3, -0.25) is 0 Å². The summed E-state index contributed by atoms with van der Waals surface area (Å²) in [5.41, 5.74) is -1.88. The first-order valence-electron chi connectivity index (χ1n) is 13.1. The second-order valence-electron chi connectivity index (χ2n) is 9.98. The van der Waals surface area contributed by atoms with Gasteiger partial charge in [-0.15, -0.1) is 0 Å². The fourth-order valence-corrected chi connectivity index (χ4v) is 4.86. The fraction of sp³-hybridized carbons (Fsp3) is 0.152. The maximum Gasteiger partial charge on any atom is 0.426 e. The number of hydrogen-bond donors (Lipinski definition) is 0. The van der Waals surface area contributed by atoms with Gasteiger partial charge in [0.15, 0.2) is 11.6 Å². The second kappa shape index (κ2) is 11.5. The quantitative estimate of drug-likeness (QED) is 0.164. The van der Waals surface area contributed by atoms with Crippen molar-refractivity contribution in [2.24, 2.45) is 0 Å². The number of alkyl halides is 5. The number of rotatable bonds is 7. The lowest BCUT2D eigenvalue weighted by atomic mass is 9.98. The van der Waals surface area contributed by atoms with E-state index in [0.29, 0.717) is 11.6 Å². The Kier molecular flexibility index (Phi) is 8.09. The van der Waals surface area contributed by atoms with Crippen LogP contribution in [0.5, 0.6) is 5.75 Å². The van der Waals surface area contributed by atoms with Crippen LogP contribution in [0.4, 0.5) is 43.9 Å². The Morgan fingerprint density at radius 3 is 1.73 bits per heavy atom. The first-order chi connectivity index (χ1) is 20.7. The van der Waals surface area contributed by atoms with Gasteiger partial charge in [0.05, 0.1) is 10.9 Å². The van der Waals surface area contributed by atoms with Crippen LogP contribution in [0.1, 0.15) is 30.0 Å². The van der Waals surface area contributed by atoms with Crippen LogP contribution in [0.2, 0.25) is 0 Å². The largest absolute Gasteiger partial charge is 0.426 e. The monoisotopic (exact) mass is 622 g/mol. The van der Waals surface area contributed by atoms with Crippen molar-refractivity contribution in [3.8, 4) is 28.0 Å². The van der Waals surface area contributed by atoms with E-state index in [4.69, 9.17) is 0 Å². The Hall–Kier alpha value is -4.54. The van der Waals surface area contributed by atoms with Gasteiger partial charge in [-0.05, 0) is 64.4 Å². The van der Waals surface area contributed by atoms with E-state index in [9.17, 15) is 26.3 Å². The van der Waals surface area contributed by atoms with E-state index in [1.807, 2.05) is 31.2 Å². The fourth-order valence-electron chi connectivity index (χ4n) is 4.86. The first kappa shape index (κ1) is 30.9. The number of hydrogen-bond acceptors (Lipinski definition) is 1. The molecule has 1 nitrogen and oxygen atoms in total. The molecule has 0 aliphatic carbocycles. The highest BCUT2D eigenvalue weighted by Crippen LogP contribution is 2.41. The zero-order valence-electron chi connectivity index (χ0n) is 22.6. The maximum atomic E-state index is 15.3. The van der Waals surface area contributed by atoms with E-state index in [1.54, 1.807) is 0 Å². The van der Waals surface area contributed by atoms with Gasteiger partial charge < -0.3 is 4.74 Å². The Bertz CT molecular complexity index is 1820. The van der Waals surface area contributed by atoms with E-state index >= 15 is 17.6 Å². The summed E-state index contributed by atoms with van der Waals surface area (Å²) in [5.74, 6) is -10.9. The van der Waals surface area contributed by atoms with Gasteiger partial charge in [0.2, 0.25) is 5.82 Å². The van der Waals surface area contributed by atoms with Crippen LogP contribution < -0.4 is 4.74 Å². The van der Waals surface area contributed by atoms with Crippen molar-refractivity contribution in [2.45, 2.75) is 32.1 Å². The summed E-state index contributed by atoms with van der Waals surface area (Å²) in [6.45, 7) is 2.04. The second-order valence-corrected chi connectivity index (χ2v) is 9.98. The highest BCUT2D eigenvalue weighted by Gasteiger charge is 2.39. The lowest BCUT2D eigenvalue weighted by molar-refractivity contribution is -0.187. The van der Waals surface area contributed by atoms with Gasteiger partial charge in [0.25, 0.3) is 0 Å². The third-order valence-corrected chi connectivity index (χ3v) is 7.01. The number of ether oxygens (including phenoxy) is 1. The minimum absolute atomic E-state index is 0.190. The molecule has 0 aliphatic heterocycles. The highest BCUT2D eigenvalue weighted by molar-refractivity contribution is 5.90. The molecular weight excluding hydrogens is 602 g/mol. The van der Waals surface area contributed by atoms with Crippen LogP contribution in [0.25, 0.3) is 33.0 Å². The molecule has 44 heavy (non-hydrogen) atoms. The van der Waals surface area contributed by atoms with Gasteiger partial charge in [-0.2, -0.15) is 26.3 Å². The molecule has 0 fully saturated rings. The summed E-state index contributed by atoms with van der Waals surface area (Å²) in [6, 6.07) is 15.2. The van der Waals surface area contributed by atoms with Crippen molar-refractivity contribution in [3.05, 3.63) is 125 Å². The average molecular weight is 623 g/mol. The van der Waals surface area contributed by atoms with Gasteiger partial charge >= 0.3 is 12.3 Å². The van der Waals surface area contributed by atoms with Crippen molar-refractivity contribution < 1.29 is 48.6 Å². The van der Waals surface area contributed by atoms with Crippen LogP contribution in [-0.4, -0.2) is 0 Å². The normalized spacial score (nSPS) is 12.2.